The van der Waals surface area contributed by atoms with Crippen LogP contribution >= 0.6 is 11.8 Å². The molecule has 1 saturated heterocycles. The summed E-state index contributed by atoms with van der Waals surface area (Å²) in [4.78, 5) is 26.0. The maximum absolute atomic E-state index is 12.2. The van der Waals surface area contributed by atoms with Gasteiger partial charge in [0.15, 0.2) is 0 Å². The van der Waals surface area contributed by atoms with Gasteiger partial charge in [-0.1, -0.05) is 44.2 Å². The maximum Gasteiger partial charge on any atom is 0.243 e. The zero-order valence-corrected chi connectivity index (χ0v) is 12.7. The maximum atomic E-state index is 12.2. The molecule has 1 heterocycles. The van der Waals surface area contributed by atoms with Gasteiger partial charge in [0.05, 0.1) is 5.88 Å². The largest absolute Gasteiger partial charge is 0.350 e. The van der Waals surface area contributed by atoms with E-state index in [1.54, 1.807) is 16.7 Å². The van der Waals surface area contributed by atoms with E-state index in [4.69, 9.17) is 0 Å². The Hall–Kier alpha value is -1.49. The van der Waals surface area contributed by atoms with Crippen LogP contribution in [0.4, 0.5) is 0 Å². The fourth-order valence-corrected chi connectivity index (χ4v) is 3.28. The van der Waals surface area contributed by atoms with Crippen molar-refractivity contribution in [1.82, 2.24) is 10.2 Å². The van der Waals surface area contributed by atoms with Crippen molar-refractivity contribution in [2.45, 2.75) is 26.4 Å². The van der Waals surface area contributed by atoms with Crippen molar-refractivity contribution in [2.24, 2.45) is 5.92 Å². The second-order valence-corrected chi connectivity index (χ2v) is 6.18. The number of hydrogen-bond acceptors (Lipinski definition) is 3. The lowest BCUT2D eigenvalue weighted by atomic mass is 10.1. The van der Waals surface area contributed by atoms with Crippen molar-refractivity contribution in [3.63, 3.8) is 0 Å². The summed E-state index contributed by atoms with van der Waals surface area (Å²) in [5.74, 6) is 1.21. The van der Waals surface area contributed by atoms with Crippen molar-refractivity contribution in [1.29, 1.82) is 0 Å². The van der Waals surface area contributed by atoms with Gasteiger partial charge in [0.1, 0.15) is 6.04 Å². The Morgan fingerprint density at radius 1 is 1.35 bits per heavy atom. The number of hydrogen-bond donors (Lipinski definition) is 1. The number of rotatable bonds is 4. The Kier molecular flexibility index (Phi) is 5.06. The minimum absolute atomic E-state index is 0.0508. The van der Waals surface area contributed by atoms with Crippen molar-refractivity contribution < 1.29 is 9.59 Å². The lowest BCUT2D eigenvalue weighted by Gasteiger charge is -2.24. The molecule has 1 aromatic carbocycles. The predicted molar refractivity (Wildman–Crippen MR) is 81.1 cm³/mol. The van der Waals surface area contributed by atoms with E-state index in [0.29, 0.717) is 18.2 Å². The molecular weight excluding hydrogens is 272 g/mol. The molecule has 1 aliphatic rings. The van der Waals surface area contributed by atoms with Crippen LogP contribution in [0.15, 0.2) is 30.3 Å². The summed E-state index contributed by atoms with van der Waals surface area (Å²) >= 11 is 1.63. The fraction of sp³-hybridized carbons (Fsp3) is 0.467. The first-order valence-electron chi connectivity index (χ1n) is 6.79. The molecule has 2 rings (SSSR count). The van der Waals surface area contributed by atoms with Gasteiger partial charge in [-0.15, -0.1) is 11.8 Å². The summed E-state index contributed by atoms with van der Waals surface area (Å²) in [7, 11) is 0. The predicted octanol–water partition coefficient (Wildman–Crippen LogP) is 1.86. The van der Waals surface area contributed by atoms with E-state index in [9.17, 15) is 9.59 Å². The molecule has 20 heavy (non-hydrogen) atoms. The molecule has 0 saturated carbocycles. The molecule has 0 aromatic heterocycles. The second-order valence-electron chi connectivity index (χ2n) is 5.18. The average Bonchev–Trinajstić information content (AvgIpc) is 2.94. The van der Waals surface area contributed by atoms with Crippen molar-refractivity contribution >= 4 is 23.6 Å². The van der Waals surface area contributed by atoms with E-state index in [1.165, 1.54) is 0 Å². The van der Waals surface area contributed by atoms with E-state index in [0.717, 1.165) is 5.56 Å². The van der Waals surface area contributed by atoms with Gasteiger partial charge in [0.25, 0.3) is 0 Å². The molecule has 1 fully saturated rings. The highest BCUT2D eigenvalue weighted by Gasteiger charge is 2.35. The summed E-state index contributed by atoms with van der Waals surface area (Å²) in [6, 6.07) is 9.45. The number of nitrogens with zero attached hydrogens (tertiary/aromatic N) is 1. The topological polar surface area (TPSA) is 49.4 Å². The number of nitrogens with one attached hydrogen (secondary N) is 1. The first-order valence-corrected chi connectivity index (χ1v) is 7.95. The molecule has 1 unspecified atom stereocenters. The first-order chi connectivity index (χ1) is 9.59. The van der Waals surface area contributed by atoms with Gasteiger partial charge >= 0.3 is 0 Å². The molecule has 0 aliphatic carbocycles. The molecular formula is C15H20N2O2S. The highest BCUT2D eigenvalue weighted by atomic mass is 32.2. The van der Waals surface area contributed by atoms with Crippen LogP contribution in [-0.4, -0.2) is 34.4 Å². The van der Waals surface area contributed by atoms with Crippen LogP contribution in [0, 0.1) is 5.92 Å². The molecule has 1 N–H and O–H groups in total. The highest BCUT2D eigenvalue weighted by Crippen LogP contribution is 2.23. The lowest BCUT2D eigenvalue weighted by Crippen LogP contribution is -2.48. The molecule has 108 valence electrons. The SMILES string of the molecule is CC(C)C(=O)N1CSCC1C(=O)NCc1ccccc1. The molecule has 0 radical (unpaired) electrons. The highest BCUT2D eigenvalue weighted by molar-refractivity contribution is 7.99. The average molecular weight is 292 g/mol. The van der Waals surface area contributed by atoms with E-state index < -0.39 is 0 Å². The molecule has 2 amide bonds. The van der Waals surface area contributed by atoms with E-state index >= 15 is 0 Å². The van der Waals surface area contributed by atoms with Gasteiger partial charge in [-0.05, 0) is 5.56 Å². The lowest BCUT2D eigenvalue weighted by molar-refractivity contribution is -0.140. The van der Waals surface area contributed by atoms with E-state index in [1.807, 2.05) is 44.2 Å². The Morgan fingerprint density at radius 3 is 2.70 bits per heavy atom. The van der Waals surface area contributed by atoms with Crippen LogP contribution in [0.5, 0.6) is 0 Å². The number of thioether (sulfide) groups is 1. The van der Waals surface area contributed by atoms with E-state index in [-0.39, 0.29) is 23.8 Å². The van der Waals surface area contributed by atoms with Crippen LogP contribution in [0.25, 0.3) is 0 Å². The Balaban J connectivity index is 1.93. The van der Waals surface area contributed by atoms with Crippen molar-refractivity contribution in [2.75, 3.05) is 11.6 Å². The van der Waals surface area contributed by atoms with E-state index in [2.05, 4.69) is 5.32 Å². The van der Waals surface area contributed by atoms with Gasteiger partial charge in [-0.25, -0.2) is 0 Å². The van der Waals surface area contributed by atoms with Gasteiger partial charge in [-0.3, -0.25) is 9.59 Å². The monoisotopic (exact) mass is 292 g/mol. The number of benzene rings is 1. The number of carbonyl (C=O) groups is 2. The third-order valence-corrected chi connectivity index (χ3v) is 4.28. The molecule has 5 heteroatoms. The Morgan fingerprint density at radius 2 is 2.05 bits per heavy atom. The van der Waals surface area contributed by atoms with Gasteiger partial charge in [0.2, 0.25) is 11.8 Å². The summed E-state index contributed by atoms with van der Waals surface area (Å²) in [5.41, 5.74) is 1.06. The van der Waals surface area contributed by atoms with Crippen LogP contribution in [-0.2, 0) is 16.1 Å². The molecule has 1 aliphatic heterocycles. The number of amides is 2. The third-order valence-electron chi connectivity index (χ3n) is 3.27. The number of carbonyl (C=O) groups excluding carboxylic acids is 2. The van der Waals surface area contributed by atoms with Gasteiger partial charge in [-0.2, -0.15) is 0 Å². The minimum Gasteiger partial charge on any atom is -0.350 e. The zero-order valence-electron chi connectivity index (χ0n) is 11.8. The molecule has 4 nitrogen and oxygen atoms in total. The molecule has 0 bridgehead atoms. The smallest absolute Gasteiger partial charge is 0.243 e. The van der Waals surface area contributed by atoms with Gasteiger partial charge in [0, 0.05) is 18.2 Å². The fourth-order valence-electron chi connectivity index (χ4n) is 2.11. The summed E-state index contributed by atoms with van der Waals surface area (Å²) < 4.78 is 0. The van der Waals surface area contributed by atoms with Crippen LogP contribution in [0.1, 0.15) is 19.4 Å². The third kappa shape index (κ3) is 3.54. The van der Waals surface area contributed by atoms with Gasteiger partial charge < -0.3 is 10.2 Å². The molecule has 1 aromatic rings. The quantitative estimate of drug-likeness (QED) is 0.921. The van der Waals surface area contributed by atoms with Crippen molar-refractivity contribution in [3.05, 3.63) is 35.9 Å². The molecule has 0 spiro atoms. The second kappa shape index (κ2) is 6.79. The van der Waals surface area contributed by atoms with Crippen LogP contribution in [0.3, 0.4) is 0 Å². The van der Waals surface area contributed by atoms with Crippen molar-refractivity contribution in [3.8, 4) is 0 Å². The zero-order chi connectivity index (χ0) is 14.5. The van der Waals surface area contributed by atoms with Crippen LogP contribution < -0.4 is 5.32 Å². The van der Waals surface area contributed by atoms with Crippen LogP contribution in [0.2, 0.25) is 0 Å². The molecule has 1 atom stereocenters. The summed E-state index contributed by atoms with van der Waals surface area (Å²) in [5, 5.41) is 2.92. The standard InChI is InChI=1S/C15H20N2O2S/c1-11(2)15(19)17-10-20-9-13(17)14(18)16-8-12-6-4-3-5-7-12/h3-7,11,13H,8-10H2,1-2H3,(H,16,18). The summed E-state index contributed by atoms with van der Waals surface area (Å²) in [6.07, 6.45) is 0. The normalized spacial score (nSPS) is 18.4. The summed E-state index contributed by atoms with van der Waals surface area (Å²) in [6.45, 7) is 4.24. The Labute approximate surface area is 123 Å². The first kappa shape index (κ1) is 14.9. The minimum atomic E-state index is -0.335. The Bertz CT molecular complexity index is 476.